The molecule has 5 nitrogen and oxygen atoms in total. The number of nitrogens with zero attached hydrogens (tertiary/aromatic N) is 2. The Hall–Kier alpha value is -1.31. The van der Waals surface area contributed by atoms with Gasteiger partial charge in [-0.25, -0.2) is 0 Å². The van der Waals surface area contributed by atoms with Gasteiger partial charge in [0.15, 0.2) is 0 Å². The number of esters is 1. The van der Waals surface area contributed by atoms with Gasteiger partial charge in [0.25, 0.3) is 0 Å². The summed E-state index contributed by atoms with van der Waals surface area (Å²) in [4.78, 5) is 24.6. The van der Waals surface area contributed by atoms with Crippen LogP contribution in [-0.4, -0.2) is 68.2 Å². The summed E-state index contributed by atoms with van der Waals surface area (Å²) >= 11 is 0. The average Bonchev–Trinajstić information content (AvgIpc) is 2.27. The molecule has 0 saturated carbocycles. The van der Waals surface area contributed by atoms with Crippen molar-refractivity contribution < 1.29 is 27.5 Å². The highest BCUT2D eigenvalue weighted by Crippen LogP contribution is 2.18. The Morgan fingerprint density at radius 2 is 1.68 bits per heavy atom. The fourth-order valence-electron chi connectivity index (χ4n) is 1.27. The fraction of sp³-hybridized carbons (Fsp3) is 0.818. The average molecular weight is 284 g/mol. The molecule has 0 aliphatic heterocycles. The van der Waals surface area contributed by atoms with E-state index in [0.29, 0.717) is 4.90 Å². The number of carbonyl (C=O) groups is 2. The summed E-state index contributed by atoms with van der Waals surface area (Å²) < 4.78 is 41.7. The fourth-order valence-corrected chi connectivity index (χ4v) is 1.27. The van der Waals surface area contributed by atoms with E-state index in [2.05, 4.69) is 4.74 Å². The van der Waals surface area contributed by atoms with Crippen molar-refractivity contribution in [2.45, 2.75) is 19.5 Å². The molecular formula is C11H19F3N2O3. The highest BCUT2D eigenvalue weighted by atomic mass is 19.4. The molecule has 0 rings (SSSR count). The predicted molar refractivity (Wildman–Crippen MR) is 62.4 cm³/mol. The van der Waals surface area contributed by atoms with Crippen molar-refractivity contribution in [2.75, 3.05) is 40.3 Å². The summed E-state index contributed by atoms with van der Waals surface area (Å²) in [5.74, 6) is -2.55. The van der Waals surface area contributed by atoms with Gasteiger partial charge in [0.2, 0.25) is 0 Å². The van der Waals surface area contributed by atoms with Gasteiger partial charge in [0.05, 0.1) is 13.0 Å². The molecule has 0 bridgehead atoms. The molecule has 0 unspecified atom stereocenters. The van der Waals surface area contributed by atoms with Crippen LogP contribution in [0.25, 0.3) is 0 Å². The van der Waals surface area contributed by atoms with E-state index in [9.17, 15) is 22.8 Å². The Balaban J connectivity index is 4.50. The van der Waals surface area contributed by atoms with E-state index in [1.54, 1.807) is 25.9 Å². The molecule has 1 amide bonds. The number of hydrogen-bond acceptors (Lipinski definition) is 4. The second-order valence-electron chi connectivity index (χ2n) is 4.15. The second kappa shape index (κ2) is 7.98. The van der Waals surface area contributed by atoms with Gasteiger partial charge >= 0.3 is 18.1 Å². The minimum Gasteiger partial charge on any atom is -0.466 e. The maximum absolute atomic E-state index is 12.4. The van der Waals surface area contributed by atoms with Crippen LogP contribution in [0.5, 0.6) is 0 Å². The first-order valence-electron chi connectivity index (χ1n) is 5.85. The third-order valence-corrected chi connectivity index (χ3v) is 2.24. The van der Waals surface area contributed by atoms with E-state index in [1.807, 2.05) is 0 Å². The molecule has 0 aromatic carbocycles. The molecule has 0 radical (unpaired) electrons. The molecule has 0 aliphatic rings. The summed E-state index contributed by atoms with van der Waals surface area (Å²) in [5.41, 5.74) is 0. The Bertz CT molecular complexity index is 306. The van der Waals surface area contributed by atoms with Crippen molar-refractivity contribution in [2.24, 2.45) is 0 Å². The van der Waals surface area contributed by atoms with E-state index in [0.717, 1.165) is 0 Å². The van der Waals surface area contributed by atoms with Crippen LogP contribution >= 0.6 is 0 Å². The maximum atomic E-state index is 12.4. The topological polar surface area (TPSA) is 49.9 Å². The number of alkyl halides is 3. The van der Waals surface area contributed by atoms with Gasteiger partial charge in [-0.05, 0) is 21.0 Å². The summed E-state index contributed by atoms with van der Waals surface area (Å²) in [6, 6.07) is 0. The molecule has 0 spiro atoms. The van der Waals surface area contributed by atoms with Crippen LogP contribution in [0.1, 0.15) is 13.3 Å². The molecule has 0 atom stereocenters. The van der Waals surface area contributed by atoms with Crippen LogP contribution in [0.15, 0.2) is 0 Å². The number of ether oxygens (including phenoxy) is 1. The molecule has 0 aliphatic carbocycles. The summed E-state index contributed by atoms with van der Waals surface area (Å²) in [6.07, 6.45) is -5.18. The quantitative estimate of drug-likeness (QED) is 0.652. The monoisotopic (exact) mass is 284 g/mol. The van der Waals surface area contributed by atoms with Gasteiger partial charge in [0, 0.05) is 19.6 Å². The summed E-state index contributed by atoms with van der Waals surface area (Å²) in [6.45, 7) is 1.65. The number of rotatable bonds is 7. The number of carbonyl (C=O) groups excluding carboxylic acids is 2. The standard InChI is InChI=1S/C11H19F3N2O3/c1-4-19-9(17)5-6-16(8-7-15(2)3)10(18)11(12,13)14/h4-8H2,1-3H3. The van der Waals surface area contributed by atoms with Crippen molar-refractivity contribution in [1.29, 1.82) is 0 Å². The molecule has 0 aromatic heterocycles. The van der Waals surface area contributed by atoms with Crippen LogP contribution in [0.4, 0.5) is 13.2 Å². The Labute approximate surface area is 110 Å². The van der Waals surface area contributed by atoms with Gasteiger partial charge in [-0.3, -0.25) is 9.59 Å². The van der Waals surface area contributed by atoms with Gasteiger partial charge in [-0.15, -0.1) is 0 Å². The van der Waals surface area contributed by atoms with Crippen LogP contribution in [0, 0.1) is 0 Å². The number of halogens is 3. The first kappa shape index (κ1) is 17.7. The smallest absolute Gasteiger partial charge is 0.466 e. The molecule has 0 aromatic rings. The van der Waals surface area contributed by atoms with Crippen LogP contribution in [0.2, 0.25) is 0 Å². The lowest BCUT2D eigenvalue weighted by Crippen LogP contribution is -2.45. The van der Waals surface area contributed by atoms with Gasteiger partial charge in [-0.2, -0.15) is 13.2 Å². The van der Waals surface area contributed by atoms with E-state index < -0.39 is 18.1 Å². The zero-order valence-corrected chi connectivity index (χ0v) is 11.3. The third-order valence-electron chi connectivity index (χ3n) is 2.24. The SMILES string of the molecule is CCOC(=O)CCN(CCN(C)C)C(=O)C(F)(F)F. The zero-order chi connectivity index (χ0) is 15.1. The highest BCUT2D eigenvalue weighted by molar-refractivity contribution is 5.82. The Morgan fingerprint density at radius 3 is 2.11 bits per heavy atom. The van der Waals surface area contributed by atoms with E-state index in [1.165, 1.54) is 0 Å². The van der Waals surface area contributed by atoms with Crippen molar-refractivity contribution in [3.05, 3.63) is 0 Å². The van der Waals surface area contributed by atoms with E-state index >= 15 is 0 Å². The second-order valence-corrected chi connectivity index (χ2v) is 4.15. The molecule has 0 N–H and O–H groups in total. The number of hydrogen-bond donors (Lipinski definition) is 0. The summed E-state index contributed by atoms with van der Waals surface area (Å²) in [7, 11) is 3.36. The molecule has 8 heteroatoms. The Morgan fingerprint density at radius 1 is 1.11 bits per heavy atom. The molecular weight excluding hydrogens is 265 g/mol. The highest BCUT2D eigenvalue weighted by Gasteiger charge is 2.42. The molecule has 19 heavy (non-hydrogen) atoms. The van der Waals surface area contributed by atoms with Crippen molar-refractivity contribution in [3.63, 3.8) is 0 Å². The number of likely N-dealkylation sites (N-methyl/N-ethyl adjacent to an activating group) is 1. The predicted octanol–water partition coefficient (Wildman–Crippen LogP) is 0.892. The van der Waals surface area contributed by atoms with Gasteiger partial charge < -0.3 is 14.5 Å². The van der Waals surface area contributed by atoms with Gasteiger partial charge in [-0.1, -0.05) is 0 Å². The third kappa shape index (κ3) is 7.66. The Kier molecular flexibility index (Phi) is 7.43. The molecule has 0 heterocycles. The first-order valence-corrected chi connectivity index (χ1v) is 5.85. The first-order chi connectivity index (χ1) is 8.68. The van der Waals surface area contributed by atoms with Crippen LogP contribution in [-0.2, 0) is 14.3 Å². The largest absolute Gasteiger partial charge is 0.471 e. The minimum absolute atomic E-state index is 0.0925. The normalized spacial score (nSPS) is 11.5. The summed E-state index contributed by atoms with van der Waals surface area (Å²) in [5, 5.41) is 0. The molecule has 0 saturated heterocycles. The van der Waals surface area contributed by atoms with E-state index in [-0.39, 0.29) is 32.7 Å². The van der Waals surface area contributed by atoms with Gasteiger partial charge in [0.1, 0.15) is 0 Å². The van der Waals surface area contributed by atoms with Crippen LogP contribution in [0.3, 0.4) is 0 Å². The molecule has 112 valence electrons. The maximum Gasteiger partial charge on any atom is 0.471 e. The lowest BCUT2D eigenvalue weighted by atomic mass is 10.3. The molecule has 0 fully saturated rings. The lowest BCUT2D eigenvalue weighted by Gasteiger charge is -2.24. The lowest BCUT2D eigenvalue weighted by molar-refractivity contribution is -0.185. The van der Waals surface area contributed by atoms with Crippen LogP contribution < -0.4 is 0 Å². The zero-order valence-electron chi connectivity index (χ0n) is 11.3. The van der Waals surface area contributed by atoms with E-state index in [4.69, 9.17) is 0 Å². The van der Waals surface area contributed by atoms with Crippen molar-refractivity contribution >= 4 is 11.9 Å². The van der Waals surface area contributed by atoms with Crippen molar-refractivity contribution in [1.82, 2.24) is 9.80 Å². The number of amides is 1. The minimum atomic E-state index is -4.93. The van der Waals surface area contributed by atoms with Crippen molar-refractivity contribution in [3.8, 4) is 0 Å².